The number of likely N-dealkylation sites (tertiary alicyclic amines) is 1. The zero-order valence-corrected chi connectivity index (χ0v) is 18.4. The van der Waals surface area contributed by atoms with Crippen molar-refractivity contribution in [1.82, 2.24) is 20.2 Å². The van der Waals surface area contributed by atoms with Gasteiger partial charge in [0.2, 0.25) is 0 Å². The Morgan fingerprint density at radius 1 is 1.20 bits per heavy atom. The number of hydrogen-bond acceptors (Lipinski definition) is 4. The number of alkyl halides is 2. The monoisotopic (exact) mass is 456 g/mol. The van der Waals surface area contributed by atoms with Crippen molar-refractivity contribution in [3.63, 3.8) is 0 Å². The van der Waals surface area contributed by atoms with Gasteiger partial charge in [-0.25, -0.2) is 18.7 Å². The number of rotatable bonds is 6. The second kappa shape index (κ2) is 9.54. The normalized spacial score (nSPS) is 17.7. The molecule has 1 aliphatic heterocycles. The maximum atomic E-state index is 12.8. The van der Waals surface area contributed by atoms with Crippen LogP contribution in [0.25, 0.3) is 0 Å². The molecular formula is C21H24Cl2F2N4O. The molecule has 3 rings (SSSR count). The SMILES string of the molecule is CC1(C)CCN(C(CNC(=O)c2cccc(Cl)c2Cl)c2cnc(C(F)F)nc2)CC1. The highest BCUT2D eigenvalue weighted by Crippen LogP contribution is 2.34. The Balaban J connectivity index is 1.79. The summed E-state index contributed by atoms with van der Waals surface area (Å²) >= 11 is 12.2. The van der Waals surface area contributed by atoms with E-state index in [4.69, 9.17) is 23.2 Å². The van der Waals surface area contributed by atoms with Crippen molar-refractivity contribution in [2.75, 3.05) is 19.6 Å². The van der Waals surface area contributed by atoms with Crippen LogP contribution in [0.1, 0.15) is 60.9 Å². The maximum Gasteiger partial charge on any atom is 0.297 e. The van der Waals surface area contributed by atoms with Gasteiger partial charge in [0, 0.05) is 24.5 Å². The van der Waals surface area contributed by atoms with Gasteiger partial charge in [0.25, 0.3) is 12.3 Å². The second-order valence-electron chi connectivity index (χ2n) is 8.20. The standard InChI is InChI=1S/C21H24Cl2F2N4O/c1-21(2)6-8-29(9-7-21)16(13-10-26-19(18(24)25)27-11-13)12-28-20(30)14-4-3-5-15(22)17(14)23/h3-5,10-11,16,18H,6-9,12H2,1-2H3,(H,28,30). The molecule has 1 aliphatic rings. The molecule has 0 bridgehead atoms. The lowest BCUT2D eigenvalue weighted by molar-refractivity contribution is 0.0824. The second-order valence-corrected chi connectivity index (χ2v) is 8.99. The number of aromatic nitrogens is 2. The molecule has 5 nitrogen and oxygen atoms in total. The molecule has 0 spiro atoms. The fourth-order valence-electron chi connectivity index (χ4n) is 3.50. The lowest BCUT2D eigenvalue weighted by Crippen LogP contribution is -2.44. The molecule has 1 aromatic carbocycles. The summed E-state index contributed by atoms with van der Waals surface area (Å²) in [6.07, 6.45) is 2.09. The molecule has 2 heterocycles. The van der Waals surface area contributed by atoms with Gasteiger partial charge in [0.05, 0.1) is 21.7 Å². The van der Waals surface area contributed by atoms with Crippen molar-refractivity contribution in [2.45, 2.75) is 39.2 Å². The Labute approximate surface area is 184 Å². The van der Waals surface area contributed by atoms with Crippen molar-refractivity contribution in [3.8, 4) is 0 Å². The van der Waals surface area contributed by atoms with Crippen LogP contribution in [0.15, 0.2) is 30.6 Å². The zero-order valence-electron chi connectivity index (χ0n) is 16.8. The van der Waals surface area contributed by atoms with Gasteiger partial charge < -0.3 is 5.32 Å². The van der Waals surface area contributed by atoms with E-state index in [9.17, 15) is 13.6 Å². The predicted octanol–water partition coefficient (Wildman–Crippen LogP) is 5.31. The van der Waals surface area contributed by atoms with Crippen molar-refractivity contribution in [1.29, 1.82) is 0 Å². The molecule has 9 heteroatoms. The van der Waals surface area contributed by atoms with Gasteiger partial charge in [-0.1, -0.05) is 43.1 Å². The van der Waals surface area contributed by atoms with Crippen LogP contribution in [-0.4, -0.2) is 40.4 Å². The van der Waals surface area contributed by atoms with Crippen molar-refractivity contribution >= 4 is 29.1 Å². The minimum Gasteiger partial charge on any atom is -0.350 e. The van der Waals surface area contributed by atoms with Crippen LogP contribution in [0.4, 0.5) is 8.78 Å². The maximum absolute atomic E-state index is 12.8. The van der Waals surface area contributed by atoms with E-state index in [-0.39, 0.29) is 34.5 Å². The summed E-state index contributed by atoms with van der Waals surface area (Å²) in [4.78, 5) is 22.5. The number of hydrogen-bond donors (Lipinski definition) is 1. The number of halogens is 4. The Morgan fingerprint density at radius 3 is 2.43 bits per heavy atom. The van der Waals surface area contributed by atoms with Crippen LogP contribution in [0.3, 0.4) is 0 Å². The minimum absolute atomic E-state index is 0.192. The molecule has 162 valence electrons. The molecule has 1 fully saturated rings. The van der Waals surface area contributed by atoms with E-state index in [2.05, 4.69) is 34.0 Å². The van der Waals surface area contributed by atoms with Crippen LogP contribution in [-0.2, 0) is 0 Å². The fraction of sp³-hybridized carbons (Fsp3) is 0.476. The molecule has 0 aliphatic carbocycles. The van der Waals surface area contributed by atoms with E-state index in [1.165, 1.54) is 12.4 Å². The number of amides is 1. The first-order valence-electron chi connectivity index (χ1n) is 9.74. The lowest BCUT2D eigenvalue weighted by atomic mass is 9.82. The molecule has 1 saturated heterocycles. The Bertz CT molecular complexity index is 883. The molecule has 1 N–H and O–H groups in total. The predicted molar refractivity (Wildman–Crippen MR) is 113 cm³/mol. The molecule has 2 aromatic rings. The lowest BCUT2D eigenvalue weighted by Gasteiger charge is -2.41. The minimum atomic E-state index is -2.72. The highest BCUT2D eigenvalue weighted by Gasteiger charge is 2.31. The number of nitrogens with one attached hydrogen (secondary N) is 1. The summed E-state index contributed by atoms with van der Waals surface area (Å²) in [5.74, 6) is -0.859. The third-order valence-electron chi connectivity index (χ3n) is 5.52. The molecule has 1 aromatic heterocycles. The van der Waals surface area contributed by atoms with E-state index in [0.717, 1.165) is 25.9 Å². The number of benzene rings is 1. The topological polar surface area (TPSA) is 58.1 Å². The van der Waals surface area contributed by atoms with Gasteiger partial charge in [-0.2, -0.15) is 0 Å². The highest BCUT2D eigenvalue weighted by atomic mass is 35.5. The van der Waals surface area contributed by atoms with Crippen LogP contribution in [0.5, 0.6) is 0 Å². The van der Waals surface area contributed by atoms with Gasteiger partial charge in [0.1, 0.15) is 0 Å². The van der Waals surface area contributed by atoms with E-state index in [1.54, 1.807) is 18.2 Å². The van der Waals surface area contributed by atoms with Crippen molar-refractivity contribution < 1.29 is 13.6 Å². The summed E-state index contributed by atoms with van der Waals surface area (Å²) in [5, 5.41) is 3.39. The van der Waals surface area contributed by atoms with Gasteiger partial charge in [0.15, 0.2) is 5.82 Å². The van der Waals surface area contributed by atoms with Crippen LogP contribution in [0.2, 0.25) is 10.0 Å². The quantitative estimate of drug-likeness (QED) is 0.639. The Kier molecular flexibility index (Phi) is 7.26. The first kappa shape index (κ1) is 22.8. The van der Waals surface area contributed by atoms with Crippen LogP contribution < -0.4 is 5.32 Å². The number of carbonyl (C=O) groups is 1. The summed E-state index contributed by atoms with van der Waals surface area (Å²) in [5.41, 5.74) is 1.21. The fourth-order valence-corrected chi connectivity index (χ4v) is 3.88. The molecule has 0 radical (unpaired) electrons. The molecule has 0 saturated carbocycles. The summed E-state index contributed by atoms with van der Waals surface area (Å²) < 4.78 is 25.7. The average Bonchev–Trinajstić information content (AvgIpc) is 2.71. The van der Waals surface area contributed by atoms with E-state index in [1.807, 2.05) is 0 Å². The number of nitrogens with zero attached hydrogens (tertiary/aromatic N) is 3. The first-order chi connectivity index (χ1) is 14.2. The van der Waals surface area contributed by atoms with Crippen molar-refractivity contribution in [3.05, 3.63) is 57.6 Å². The van der Waals surface area contributed by atoms with Crippen LogP contribution >= 0.6 is 23.2 Å². The summed E-state index contributed by atoms with van der Waals surface area (Å²) in [6.45, 7) is 6.36. The molecule has 1 unspecified atom stereocenters. The molecule has 30 heavy (non-hydrogen) atoms. The molecule has 1 amide bonds. The first-order valence-corrected chi connectivity index (χ1v) is 10.5. The van der Waals surface area contributed by atoms with E-state index >= 15 is 0 Å². The molecule has 1 atom stereocenters. The van der Waals surface area contributed by atoms with E-state index in [0.29, 0.717) is 10.6 Å². The van der Waals surface area contributed by atoms with Crippen molar-refractivity contribution in [2.24, 2.45) is 5.41 Å². The third-order valence-corrected chi connectivity index (χ3v) is 6.34. The zero-order chi connectivity index (χ0) is 21.9. The number of piperidine rings is 1. The van der Waals surface area contributed by atoms with Gasteiger partial charge in [-0.3, -0.25) is 9.69 Å². The van der Waals surface area contributed by atoms with Crippen LogP contribution in [0, 0.1) is 5.41 Å². The average molecular weight is 457 g/mol. The van der Waals surface area contributed by atoms with E-state index < -0.39 is 12.2 Å². The third kappa shape index (κ3) is 5.45. The molecular weight excluding hydrogens is 433 g/mol. The van der Waals surface area contributed by atoms with Gasteiger partial charge >= 0.3 is 0 Å². The highest BCUT2D eigenvalue weighted by molar-refractivity contribution is 6.43. The Hall–Kier alpha value is -1.83. The summed E-state index contributed by atoms with van der Waals surface area (Å²) in [6, 6.07) is 4.63. The Morgan fingerprint density at radius 2 is 1.83 bits per heavy atom. The largest absolute Gasteiger partial charge is 0.350 e. The smallest absolute Gasteiger partial charge is 0.297 e. The van der Waals surface area contributed by atoms with Gasteiger partial charge in [-0.15, -0.1) is 0 Å². The summed E-state index contributed by atoms with van der Waals surface area (Å²) in [7, 11) is 0. The number of carbonyl (C=O) groups excluding carboxylic acids is 1. The van der Waals surface area contributed by atoms with Gasteiger partial charge in [-0.05, 0) is 43.5 Å².